The van der Waals surface area contributed by atoms with Gasteiger partial charge in [0.05, 0.1) is 12.1 Å². The fourth-order valence-corrected chi connectivity index (χ4v) is 8.48. The summed E-state index contributed by atoms with van der Waals surface area (Å²) < 4.78 is 0. The van der Waals surface area contributed by atoms with Crippen LogP contribution in [0.3, 0.4) is 0 Å². The van der Waals surface area contributed by atoms with Crippen LogP contribution >= 0.6 is 0 Å². The number of allylic oxidation sites excluding steroid dienone is 2. The van der Waals surface area contributed by atoms with Crippen molar-refractivity contribution in [3.05, 3.63) is 11.6 Å². The maximum absolute atomic E-state index is 12.7. The predicted octanol–water partition coefficient (Wildman–Crippen LogP) is 2.27. The van der Waals surface area contributed by atoms with Gasteiger partial charge >= 0.3 is 5.97 Å². The number of carbonyl (C=O) groups is 4. The average molecular weight is 599 g/mol. The fraction of sp³-hybridized carbons (Fsp3) is 0.719. The Bertz CT molecular complexity index is 1250. The first-order valence-corrected chi connectivity index (χ1v) is 15.4. The monoisotopic (exact) mass is 598 g/mol. The standard InChI is InChI=1S/C32H46N4O7/c1-6-32(42)14-11-23-21-8-7-19-15-20(9-12-30(19,4)22(21)10-13-31(23,32)5)36-43-17-26(38)35-27(18(2)3)28(39)34-24(29(40)41)16-25(33)37/h1,15,18,21-24,27,42H,7-14,16-17H2,2-5H3,(H2,33,37)(H,34,39)(H,35,38)(H,40,41)/b36-20-/t21-,22+,23-,24+,27+,30+,31+,32-/m1/s1. The first-order valence-electron chi connectivity index (χ1n) is 15.4. The van der Waals surface area contributed by atoms with Crippen molar-refractivity contribution in [3.63, 3.8) is 0 Å². The van der Waals surface area contributed by atoms with E-state index in [1.807, 2.05) is 0 Å². The summed E-state index contributed by atoms with van der Waals surface area (Å²) in [6, 6.07) is -2.53. The van der Waals surface area contributed by atoms with Crippen LogP contribution in [-0.4, -0.2) is 63.9 Å². The van der Waals surface area contributed by atoms with E-state index in [4.69, 9.17) is 17.0 Å². The Morgan fingerprint density at radius 3 is 2.44 bits per heavy atom. The van der Waals surface area contributed by atoms with Gasteiger partial charge in [0.1, 0.15) is 17.7 Å². The molecule has 3 fully saturated rings. The maximum Gasteiger partial charge on any atom is 0.326 e. The van der Waals surface area contributed by atoms with E-state index in [9.17, 15) is 29.4 Å². The topological polar surface area (TPSA) is 180 Å². The number of hydrogen-bond acceptors (Lipinski definition) is 7. The van der Waals surface area contributed by atoms with Crippen LogP contribution in [0.5, 0.6) is 0 Å². The van der Waals surface area contributed by atoms with Gasteiger partial charge in [-0.15, -0.1) is 6.42 Å². The highest BCUT2D eigenvalue weighted by Crippen LogP contribution is 2.67. The highest BCUT2D eigenvalue weighted by molar-refractivity contribution is 5.96. The minimum atomic E-state index is -1.49. The number of carboxylic acids is 1. The van der Waals surface area contributed by atoms with Gasteiger partial charge in [0.25, 0.3) is 5.91 Å². The Hall–Kier alpha value is -3.39. The Kier molecular flexibility index (Phi) is 9.31. The molecule has 0 aromatic carbocycles. The fourth-order valence-electron chi connectivity index (χ4n) is 8.48. The minimum absolute atomic E-state index is 0.0532. The number of carbonyl (C=O) groups excluding carboxylic acids is 3. The minimum Gasteiger partial charge on any atom is -0.480 e. The molecular weight excluding hydrogens is 552 g/mol. The van der Waals surface area contributed by atoms with Crippen LogP contribution in [0, 0.1) is 46.8 Å². The highest BCUT2D eigenvalue weighted by Gasteiger charge is 2.63. The molecule has 236 valence electrons. The Morgan fingerprint density at radius 2 is 1.81 bits per heavy atom. The largest absolute Gasteiger partial charge is 0.480 e. The normalized spacial score (nSPS) is 35.3. The van der Waals surface area contributed by atoms with Gasteiger partial charge in [-0.2, -0.15) is 0 Å². The Labute approximate surface area is 253 Å². The van der Waals surface area contributed by atoms with Crippen molar-refractivity contribution in [1.82, 2.24) is 10.6 Å². The summed E-state index contributed by atoms with van der Waals surface area (Å²) in [6.07, 6.45) is 14.7. The molecule has 43 heavy (non-hydrogen) atoms. The van der Waals surface area contributed by atoms with E-state index in [0.29, 0.717) is 30.6 Å². The zero-order valence-electron chi connectivity index (χ0n) is 25.7. The zero-order chi connectivity index (χ0) is 31.7. The quantitative estimate of drug-likeness (QED) is 0.189. The van der Waals surface area contributed by atoms with Crippen LogP contribution in [0.15, 0.2) is 16.8 Å². The number of aliphatic hydroxyl groups is 1. The molecule has 0 saturated heterocycles. The van der Waals surface area contributed by atoms with Crippen LogP contribution in [0.2, 0.25) is 0 Å². The Balaban J connectivity index is 1.35. The second kappa shape index (κ2) is 12.3. The van der Waals surface area contributed by atoms with E-state index in [0.717, 1.165) is 44.2 Å². The number of terminal acetylenes is 1. The summed E-state index contributed by atoms with van der Waals surface area (Å²) in [5.41, 5.74) is 6.03. The van der Waals surface area contributed by atoms with Gasteiger partial charge in [0, 0.05) is 5.41 Å². The summed E-state index contributed by atoms with van der Waals surface area (Å²) >= 11 is 0. The molecule has 0 aliphatic heterocycles. The summed E-state index contributed by atoms with van der Waals surface area (Å²) in [5, 5.41) is 29.6. The highest BCUT2D eigenvalue weighted by atomic mass is 16.6. The number of nitrogens with two attached hydrogens (primary N) is 1. The molecule has 4 aliphatic rings. The first kappa shape index (κ1) is 32.5. The number of nitrogens with zero attached hydrogens (tertiary/aromatic N) is 1. The van der Waals surface area contributed by atoms with Crippen molar-refractivity contribution in [1.29, 1.82) is 0 Å². The summed E-state index contributed by atoms with van der Waals surface area (Å²) in [6.45, 7) is 7.54. The van der Waals surface area contributed by atoms with Crippen molar-refractivity contribution < 1.29 is 34.2 Å². The van der Waals surface area contributed by atoms with E-state index >= 15 is 0 Å². The van der Waals surface area contributed by atoms with Crippen LogP contribution in [-0.2, 0) is 24.0 Å². The number of hydrogen-bond donors (Lipinski definition) is 5. The number of fused-ring (bicyclic) bond motifs is 5. The van der Waals surface area contributed by atoms with Gasteiger partial charge in [-0.1, -0.05) is 44.3 Å². The van der Waals surface area contributed by atoms with Crippen molar-refractivity contribution in [2.24, 2.45) is 45.4 Å². The molecule has 3 amide bonds. The maximum atomic E-state index is 12.7. The van der Waals surface area contributed by atoms with Crippen LogP contribution in [0.1, 0.15) is 85.5 Å². The zero-order valence-corrected chi connectivity index (χ0v) is 25.7. The second-order valence-corrected chi connectivity index (χ2v) is 13.7. The molecule has 0 spiro atoms. The third-order valence-corrected chi connectivity index (χ3v) is 11.0. The van der Waals surface area contributed by atoms with Crippen molar-refractivity contribution in [2.45, 2.75) is 103 Å². The van der Waals surface area contributed by atoms with Crippen molar-refractivity contribution >= 4 is 29.4 Å². The molecule has 0 bridgehead atoms. The van der Waals surface area contributed by atoms with Gasteiger partial charge in [0.15, 0.2) is 6.61 Å². The molecule has 0 aromatic heterocycles. The molecule has 6 N–H and O–H groups in total. The molecule has 0 aromatic rings. The van der Waals surface area contributed by atoms with Gasteiger partial charge < -0.3 is 31.4 Å². The van der Waals surface area contributed by atoms with Gasteiger partial charge in [-0.05, 0) is 86.5 Å². The first-order chi connectivity index (χ1) is 20.1. The average Bonchev–Trinajstić information content (AvgIpc) is 3.21. The number of primary amides is 1. The second-order valence-electron chi connectivity index (χ2n) is 13.7. The summed E-state index contributed by atoms with van der Waals surface area (Å²) in [4.78, 5) is 53.2. The van der Waals surface area contributed by atoms with Crippen molar-refractivity contribution in [3.8, 4) is 12.3 Å². The molecule has 0 heterocycles. The van der Waals surface area contributed by atoms with Gasteiger partial charge in [0.2, 0.25) is 11.8 Å². The molecule has 8 atom stereocenters. The van der Waals surface area contributed by atoms with Crippen LogP contribution < -0.4 is 16.4 Å². The lowest BCUT2D eigenvalue weighted by Crippen LogP contribution is -2.54. The lowest BCUT2D eigenvalue weighted by molar-refractivity contribution is -0.144. The third-order valence-electron chi connectivity index (χ3n) is 11.0. The molecule has 0 unspecified atom stereocenters. The number of oxime groups is 1. The van der Waals surface area contributed by atoms with E-state index in [1.165, 1.54) is 5.57 Å². The number of rotatable bonds is 10. The van der Waals surface area contributed by atoms with E-state index in [2.05, 4.69) is 41.6 Å². The molecule has 11 heteroatoms. The van der Waals surface area contributed by atoms with Crippen LogP contribution in [0.25, 0.3) is 0 Å². The lowest BCUT2D eigenvalue weighted by atomic mass is 9.46. The van der Waals surface area contributed by atoms with Gasteiger partial charge in [-0.3, -0.25) is 14.4 Å². The summed E-state index contributed by atoms with van der Waals surface area (Å²) in [5.74, 6) is 0.285. The van der Waals surface area contributed by atoms with Gasteiger partial charge in [-0.25, -0.2) is 4.79 Å². The van der Waals surface area contributed by atoms with Crippen LogP contribution in [0.4, 0.5) is 0 Å². The molecule has 4 rings (SSSR count). The predicted molar refractivity (Wildman–Crippen MR) is 159 cm³/mol. The molecular formula is C32H46N4O7. The number of nitrogens with one attached hydrogen (secondary N) is 2. The smallest absolute Gasteiger partial charge is 0.326 e. The SMILES string of the molecule is C#C[C@@]1(O)CC[C@@H]2[C@@H]3CCC4=C/C(=N\OCC(=O)N[C@H](C(=O)N[C@@H](CC(N)=O)C(=O)O)C(C)C)CC[C@]4(C)[C@H]3CC[C@@]21C. The molecule has 11 nitrogen and oxygen atoms in total. The third kappa shape index (κ3) is 6.17. The molecule has 3 saturated carbocycles. The number of amides is 3. The van der Waals surface area contributed by atoms with E-state index < -0.39 is 54.4 Å². The van der Waals surface area contributed by atoms with Crippen molar-refractivity contribution in [2.75, 3.05) is 6.61 Å². The summed E-state index contributed by atoms with van der Waals surface area (Å²) in [7, 11) is 0. The molecule has 0 radical (unpaired) electrons. The number of carboxylic acid groups (broad SMARTS) is 1. The number of aliphatic carboxylic acids is 1. The molecule has 4 aliphatic carbocycles. The van der Waals surface area contributed by atoms with E-state index in [-0.39, 0.29) is 16.7 Å². The lowest BCUT2D eigenvalue weighted by Gasteiger charge is -2.58. The van der Waals surface area contributed by atoms with E-state index in [1.54, 1.807) is 13.8 Å². The Morgan fingerprint density at radius 1 is 1.12 bits per heavy atom.